The van der Waals surface area contributed by atoms with Gasteiger partial charge in [-0.3, -0.25) is 4.68 Å². The number of rotatable bonds is 6. The van der Waals surface area contributed by atoms with Gasteiger partial charge < -0.3 is 10.5 Å². The average Bonchev–Trinajstić information content (AvgIpc) is 2.53. The third kappa shape index (κ3) is 3.47. The van der Waals surface area contributed by atoms with Crippen molar-refractivity contribution >= 4 is 11.7 Å². The Bertz CT molecular complexity index is 385. The number of carbonyl (C=O) groups is 1. The van der Waals surface area contributed by atoms with E-state index in [-0.39, 0.29) is 5.97 Å². The molecule has 0 radical (unpaired) electrons. The monoisotopic (exact) mass is 239 g/mol. The predicted octanol–water partition coefficient (Wildman–Crippen LogP) is 2.05. The van der Waals surface area contributed by atoms with Gasteiger partial charge >= 0.3 is 5.97 Å². The molecule has 0 aliphatic heterocycles. The molecule has 0 saturated heterocycles. The van der Waals surface area contributed by atoms with Gasteiger partial charge in [0.25, 0.3) is 0 Å². The van der Waals surface area contributed by atoms with Crippen molar-refractivity contribution in [1.29, 1.82) is 0 Å². The van der Waals surface area contributed by atoms with Crippen molar-refractivity contribution in [3.63, 3.8) is 0 Å². The molecule has 0 atom stereocenters. The number of unbranched alkanes of at least 4 members (excludes halogenated alkanes) is 3. The van der Waals surface area contributed by atoms with Crippen molar-refractivity contribution in [2.75, 3.05) is 12.3 Å². The summed E-state index contributed by atoms with van der Waals surface area (Å²) in [6.45, 7) is 4.36. The third-order valence-corrected chi connectivity index (χ3v) is 2.69. The minimum Gasteiger partial charge on any atom is -0.461 e. The van der Waals surface area contributed by atoms with Gasteiger partial charge in [0.05, 0.1) is 18.0 Å². The molecule has 0 unspecified atom stereocenters. The molecule has 1 aromatic rings. The van der Waals surface area contributed by atoms with Gasteiger partial charge in [0, 0.05) is 7.05 Å². The lowest BCUT2D eigenvalue weighted by Gasteiger charge is -2.05. The van der Waals surface area contributed by atoms with Crippen LogP contribution in [0.15, 0.2) is 0 Å². The second kappa shape index (κ2) is 6.27. The summed E-state index contributed by atoms with van der Waals surface area (Å²) < 4.78 is 6.64. The molecule has 96 valence electrons. The molecule has 0 spiro atoms. The zero-order chi connectivity index (χ0) is 12.8. The van der Waals surface area contributed by atoms with Crippen LogP contribution in [-0.4, -0.2) is 22.4 Å². The SMILES string of the molecule is CCCCCCOC(=O)c1c(N)c(C)nn1C. The lowest BCUT2D eigenvalue weighted by molar-refractivity contribution is 0.0486. The summed E-state index contributed by atoms with van der Waals surface area (Å²) in [6.07, 6.45) is 4.33. The van der Waals surface area contributed by atoms with Gasteiger partial charge in [-0.1, -0.05) is 26.2 Å². The summed E-state index contributed by atoms with van der Waals surface area (Å²) in [7, 11) is 1.69. The van der Waals surface area contributed by atoms with Gasteiger partial charge in [0.15, 0.2) is 5.69 Å². The number of aryl methyl sites for hydroxylation is 2. The molecule has 1 heterocycles. The zero-order valence-electron chi connectivity index (χ0n) is 10.8. The van der Waals surface area contributed by atoms with Crippen LogP contribution in [-0.2, 0) is 11.8 Å². The Labute approximate surface area is 102 Å². The number of aromatic nitrogens is 2. The minimum absolute atomic E-state index is 0.345. The van der Waals surface area contributed by atoms with Crippen molar-refractivity contribution in [1.82, 2.24) is 9.78 Å². The Morgan fingerprint density at radius 2 is 2.12 bits per heavy atom. The van der Waals surface area contributed by atoms with E-state index in [9.17, 15) is 4.79 Å². The topological polar surface area (TPSA) is 70.1 Å². The van der Waals surface area contributed by atoms with Crippen LogP contribution in [0.4, 0.5) is 5.69 Å². The molecule has 5 nitrogen and oxygen atoms in total. The molecular formula is C12H21N3O2. The van der Waals surface area contributed by atoms with E-state index in [1.54, 1.807) is 14.0 Å². The van der Waals surface area contributed by atoms with E-state index in [1.165, 1.54) is 17.5 Å². The normalized spacial score (nSPS) is 10.5. The number of esters is 1. The van der Waals surface area contributed by atoms with E-state index in [4.69, 9.17) is 10.5 Å². The summed E-state index contributed by atoms with van der Waals surface area (Å²) in [4.78, 5) is 11.8. The fraction of sp³-hybridized carbons (Fsp3) is 0.667. The standard InChI is InChI=1S/C12H21N3O2/c1-4-5-6-7-8-17-12(16)11-10(13)9(2)14-15(11)3/h4-8,13H2,1-3H3. The lowest BCUT2D eigenvalue weighted by Crippen LogP contribution is -2.13. The van der Waals surface area contributed by atoms with E-state index < -0.39 is 0 Å². The third-order valence-electron chi connectivity index (χ3n) is 2.69. The number of nitrogen functional groups attached to an aromatic ring is 1. The molecule has 0 saturated carbocycles. The van der Waals surface area contributed by atoms with Crippen molar-refractivity contribution in [2.24, 2.45) is 7.05 Å². The van der Waals surface area contributed by atoms with Crippen LogP contribution in [0, 0.1) is 6.92 Å². The molecule has 17 heavy (non-hydrogen) atoms. The Morgan fingerprint density at radius 3 is 2.65 bits per heavy atom. The lowest BCUT2D eigenvalue weighted by atomic mass is 10.2. The van der Waals surface area contributed by atoms with E-state index in [0.717, 1.165) is 12.8 Å². The number of ether oxygens (including phenoxy) is 1. The molecule has 0 bridgehead atoms. The van der Waals surface area contributed by atoms with Crippen LogP contribution in [0.3, 0.4) is 0 Å². The minimum atomic E-state index is -0.387. The molecule has 0 fully saturated rings. The quantitative estimate of drug-likeness (QED) is 0.609. The first-order valence-electron chi connectivity index (χ1n) is 6.04. The smallest absolute Gasteiger partial charge is 0.358 e. The summed E-state index contributed by atoms with van der Waals surface area (Å²) in [5.41, 5.74) is 7.18. The fourth-order valence-electron chi connectivity index (χ4n) is 1.68. The van der Waals surface area contributed by atoms with Gasteiger partial charge in [-0.25, -0.2) is 4.79 Å². The Balaban J connectivity index is 2.47. The Morgan fingerprint density at radius 1 is 1.41 bits per heavy atom. The molecule has 2 N–H and O–H groups in total. The maximum atomic E-state index is 11.8. The number of anilines is 1. The Kier molecular flexibility index (Phi) is 5.00. The largest absolute Gasteiger partial charge is 0.461 e. The second-order valence-electron chi connectivity index (χ2n) is 4.17. The molecular weight excluding hydrogens is 218 g/mol. The van der Waals surface area contributed by atoms with E-state index in [0.29, 0.717) is 23.7 Å². The summed E-state index contributed by atoms with van der Waals surface area (Å²) in [5.74, 6) is -0.387. The first-order chi connectivity index (χ1) is 8.07. The van der Waals surface area contributed by atoms with Crippen LogP contribution in [0.2, 0.25) is 0 Å². The maximum absolute atomic E-state index is 11.8. The van der Waals surface area contributed by atoms with Crippen LogP contribution >= 0.6 is 0 Å². The molecule has 0 aromatic carbocycles. The number of nitrogens with two attached hydrogens (primary N) is 1. The van der Waals surface area contributed by atoms with E-state index in [2.05, 4.69) is 12.0 Å². The van der Waals surface area contributed by atoms with Crippen LogP contribution in [0.5, 0.6) is 0 Å². The highest BCUT2D eigenvalue weighted by atomic mass is 16.5. The predicted molar refractivity (Wildman–Crippen MR) is 66.8 cm³/mol. The highest BCUT2D eigenvalue weighted by Gasteiger charge is 2.18. The number of hydrogen-bond acceptors (Lipinski definition) is 4. The van der Waals surface area contributed by atoms with Crippen molar-refractivity contribution in [3.05, 3.63) is 11.4 Å². The van der Waals surface area contributed by atoms with Gasteiger partial charge in [-0.2, -0.15) is 5.10 Å². The number of carbonyl (C=O) groups excluding carboxylic acids is 1. The van der Waals surface area contributed by atoms with Gasteiger partial charge in [-0.05, 0) is 13.3 Å². The average molecular weight is 239 g/mol. The molecule has 0 aliphatic carbocycles. The van der Waals surface area contributed by atoms with Crippen molar-refractivity contribution in [3.8, 4) is 0 Å². The second-order valence-corrected chi connectivity index (χ2v) is 4.17. The van der Waals surface area contributed by atoms with E-state index >= 15 is 0 Å². The Hall–Kier alpha value is -1.52. The van der Waals surface area contributed by atoms with Crippen LogP contribution in [0.25, 0.3) is 0 Å². The van der Waals surface area contributed by atoms with Gasteiger partial charge in [0.2, 0.25) is 0 Å². The molecule has 5 heteroatoms. The van der Waals surface area contributed by atoms with Gasteiger partial charge in [-0.15, -0.1) is 0 Å². The van der Waals surface area contributed by atoms with Gasteiger partial charge in [0.1, 0.15) is 0 Å². The zero-order valence-corrected chi connectivity index (χ0v) is 10.8. The van der Waals surface area contributed by atoms with Crippen molar-refractivity contribution in [2.45, 2.75) is 39.5 Å². The number of nitrogens with zero attached hydrogens (tertiary/aromatic N) is 2. The molecule has 0 amide bonds. The number of hydrogen-bond donors (Lipinski definition) is 1. The first kappa shape index (κ1) is 13.5. The first-order valence-corrected chi connectivity index (χ1v) is 6.04. The summed E-state index contributed by atoms with van der Waals surface area (Å²) >= 11 is 0. The highest BCUT2D eigenvalue weighted by Crippen LogP contribution is 2.16. The van der Waals surface area contributed by atoms with Crippen molar-refractivity contribution < 1.29 is 9.53 Å². The molecule has 1 rings (SSSR count). The fourth-order valence-corrected chi connectivity index (χ4v) is 1.68. The summed E-state index contributed by atoms with van der Waals surface area (Å²) in [6, 6.07) is 0. The van der Waals surface area contributed by atoms with Crippen LogP contribution in [0.1, 0.15) is 48.8 Å². The molecule has 1 aromatic heterocycles. The highest BCUT2D eigenvalue weighted by molar-refractivity contribution is 5.93. The summed E-state index contributed by atoms with van der Waals surface area (Å²) in [5, 5.41) is 4.08. The van der Waals surface area contributed by atoms with Crippen LogP contribution < -0.4 is 5.73 Å². The molecule has 0 aliphatic rings. The van der Waals surface area contributed by atoms with E-state index in [1.807, 2.05) is 0 Å². The maximum Gasteiger partial charge on any atom is 0.358 e.